The van der Waals surface area contributed by atoms with E-state index in [1.807, 2.05) is 19.3 Å². The number of halogens is 2. The van der Waals surface area contributed by atoms with E-state index in [4.69, 9.17) is 0 Å². The van der Waals surface area contributed by atoms with Crippen molar-refractivity contribution < 1.29 is 0 Å². The number of nitrogens with one attached hydrogen (secondary N) is 1. The number of likely N-dealkylation sites (N-methyl/N-ethyl adjacent to an activating group) is 1. The summed E-state index contributed by atoms with van der Waals surface area (Å²) in [5.74, 6) is 0. The van der Waals surface area contributed by atoms with Gasteiger partial charge in [0.15, 0.2) is 0 Å². The maximum atomic E-state index is 4.45. The smallest absolute Gasteiger partial charge is 0.0423 e. The monoisotopic (exact) mass is 382 g/mol. The standard InChI is InChI=1S/C15H16Br2N2/c1-10-13(4-3-5-14(10)17)15(18-2)8-12-7-6-11(16)9-19-12/h3-7,9,15,18H,8H2,1-2H3. The molecule has 0 radical (unpaired) electrons. The quantitative estimate of drug-likeness (QED) is 0.845. The lowest BCUT2D eigenvalue weighted by molar-refractivity contribution is 0.581. The highest BCUT2D eigenvalue weighted by molar-refractivity contribution is 9.10. The fourth-order valence-electron chi connectivity index (χ4n) is 2.11. The lowest BCUT2D eigenvalue weighted by Crippen LogP contribution is -2.20. The van der Waals surface area contributed by atoms with Crippen molar-refractivity contribution in [1.29, 1.82) is 0 Å². The Morgan fingerprint density at radius 2 is 2.00 bits per heavy atom. The second-order valence-electron chi connectivity index (χ2n) is 4.47. The van der Waals surface area contributed by atoms with Gasteiger partial charge in [0.25, 0.3) is 0 Å². The van der Waals surface area contributed by atoms with Crippen molar-refractivity contribution in [2.75, 3.05) is 7.05 Å². The number of benzene rings is 1. The predicted octanol–water partition coefficient (Wildman–Crippen LogP) is 4.42. The second kappa shape index (κ2) is 6.64. The Morgan fingerprint density at radius 3 is 2.63 bits per heavy atom. The van der Waals surface area contributed by atoms with Gasteiger partial charge in [-0.2, -0.15) is 0 Å². The van der Waals surface area contributed by atoms with Crippen LogP contribution in [-0.4, -0.2) is 12.0 Å². The van der Waals surface area contributed by atoms with Crippen LogP contribution in [0.2, 0.25) is 0 Å². The van der Waals surface area contributed by atoms with Gasteiger partial charge in [-0.1, -0.05) is 28.1 Å². The molecule has 1 aromatic carbocycles. The molecule has 100 valence electrons. The van der Waals surface area contributed by atoms with Crippen LogP contribution >= 0.6 is 31.9 Å². The predicted molar refractivity (Wildman–Crippen MR) is 86.3 cm³/mol. The summed E-state index contributed by atoms with van der Waals surface area (Å²) in [5.41, 5.74) is 3.67. The first kappa shape index (κ1) is 14.7. The molecule has 19 heavy (non-hydrogen) atoms. The van der Waals surface area contributed by atoms with Gasteiger partial charge < -0.3 is 5.32 Å². The molecule has 0 aliphatic carbocycles. The molecule has 0 spiro atoms. The molecular weight excluding hydrogens is 368 g/mol. The highest BCUT2D eigenvalue weighted by Gasteiger charge is 2.14. The summed E-state index contributed by atoms with van der Waals surface area (Å²) in [6.07, 6.45) is 2.72. The third-order valence-corrected chi connectivity index (χ3v) is 4.56. The van der Waals surface area contributed by atoms with Gasteiger partial charge in [0, 0.05) is 33.3 Å². The van der Waals surface area contributed by atoms with Gasteiger partial charge in [0.2, 0.25) is 0 Å². The summed E-state index contributed by atoms with van der Waals surface area (Å²) in [4.78, 5) is 4.45. The lowest BCUT2D eigenvalue weighted by atomic mass is 9.97. The summed E-state index contributed by atoms with van der Waals surface area (Å²) in [5, 5.41) is 3.38. The van der Waals surface area contributed by atoms with E-state index in [-0.39, 0.29) is 6.04 Å². The van der Waals surface area contributed by atoms with Gasteiger partial charge in [-0.3, -0.25) is 4.98 Å². The molecule has 4 heteroatoms. The van der Waals surface area contributed by atoms with E-state index in [0.717, 1.165) is 21.1 Å². The maximum Gasteiger partial charge on any atom is 0.0423 e. The first-order valence-electron chi connectivity index (χ1n) is 6.14. The summed E-state index contributed by atoms with van der Waals surface area (Å²) < 4.78 is 2.16. The summed E-state index contributed by atoms with van der Waals surface area (Å²) >= 11 is 7.00. The fraction of sp³-hybridized carbons (Fsp3) is 0.267. The molecule has 1 N–H and O–H groups in total. The Labute approximate surface area is 130 Å². The zero-order valence-corrected chi connectivity index (χ0v) is 14.1. The number of aromatic nitrogens is 1. The third kappa shape index (κ3) is 3.65. The Bertz CT molecular complexity index is 553. The Balaban J connectivity index is 2.25. The highest BCUT2D eigenvalue weighted by Crippen LogP contribution is 2.26. The fourth-order valence-corrected chi connectivity index (χ4v) is 2.72. The third-order valence-electron chi connectivity index (χ3n) is 3.24. The summed E-state index contributed by atoms with van der Waals surface area (Å²) in [6, 6.07) is 10.7. The SMILES string of the molecule is CNC(Cc1ccc(Br)cn1)c1cccc(Br)c1C. The highest BCUT2D eigenvalue weighted by atomic mass is 79.9. The maximum absolute atomic E-state index is 4.45. The minimum atomic E-state index is 0.270. The average Bonchev–Trinajstić information content (AvgIpc) is 2.42. The Hall–Kier alpha value is -0.710. The molecule has 1 unspecified atom stereocenters. The van der Waals surface area contributed by atoms with E-state index in [9.17, 15) is 0 Å². The normalized spacial score (nSPS) is 12.4. The molecule has 2 aromatic rings. The molecule has 2 rings (SSSR count). The van der Waals surface area contributed by atoms with Crippen molar-refractivity contribution in [3.63, 3.8) is 0 Å². The van der Waals surface area contributed by atoms with Crippen LogP contribution in [0.3, 0.4) is 0 Å². The van der Waals surface area contributed by atoms with Crippen LogP contribution in [0.4, 0.5) is 0 Å². The van der Waals surface area contributed by atoms with Crippen LogP contribution in [0, 0.1) is 6.92 Å². The average molecular weight is 384 g/mol. The molecule has 0 fully saturated rings. The molecule has 0 aliphatic rings. The number of nitrogens with zero attached hydrogens (tertiary/aromatic N) is 1. The van der Waals surface area contributed by atoms with E-state index in [2.05, 4.69) is 73.3 Å². The van der Waals surface area contributed by atoms with Gasteiger partial charge in [-0.15, -0.1) is 0 Å². The number of rotatable bonds is 4. The van der Waals surface area contributed by atoms with Crippen molar-refractivity contribution >= 4 is 31.9 Å². The van der Waals surface area contributed by atoms with Crippen molar-refractivity contribution in [1.82, 2.24) is 10.3 Å². The van der Waals surface area contributed by atoms with Crippen molar-refractivity contribution in [3.05, 3.63) is 62.3 Å². The van der Waals surface area contributed by atoms with Gasteiger partial charge in [-0.05, 0) is 59.2 Å². The summed E-state index contributed by atoms with van der Waals surface area (Å²) in [7, 11) is 1.99. The largest absolute Gasteiger partial charge is 0.313 e. The van der Waals surface area contributed by atoms with Crippen LogP contribution in [-0.2, 0) is 6.42 Å². The molecule has 0 saturated heterocycles. The molecule has 0 saturated carbocycles. The van der Waals surface area contributed by atoms with Gasteiger partial charge in [-0.25, -0.2) is 0 Å². The van der Waals surface area contributed by atoms with Gasteiger partial charge >= 0.3 is 0 Å². The second-order valence-corrected chi connectivity index (χ2v) is 6.24. The van der Waals surface area contributed by atoms with Crippen molar-refractivity contribution in [2.24, 2.45) is 0 Å². The molecule has 0 aliphatic heterocycles. The van der Waals surface area contributed by atoms with Crippen molar-refractivity contribution in [2.45, 2.75) is 19.4 Å². The lowest BCUT2D eigenvalue weighted by Gasteiger charge is -2.19. The zero-order chi connectivity index (χ0) is 13.8. The van der Waals surface area contributed by atoms with Crippen LogP contribution < -0.4 is 5.32 Å². The molecule has 0 bridgehead atoms. The first-order chi connectivity index (χ1) is 9.11. The topological polar surface area (TPSA) is 24.9 Å². The molecule has 0 amide bonds. The summed E-state index contributed by atoms with van der Waals surface area (Å²) in [6.45, 7) is 2.14. The Morgan fingerprint density at radius 1 is 1.21 bits per heavy atom. The van der Waals surface area contributed by atoms with Crippen LogP contribution in [0.1, 0.15) is 22.9 Å². The Kier molecular flexibility index (Phi) is 5.13. The van der Waals surface area contributed by atoms with Gasteiger partial charge in [0.1, 0.15) is 0 Å². The number of pyridine rings is 1. The van der Waals surface area contributed by atoms with E-state index in [0.29, 0.717) is 0 Å². The molecule has 1 atom stereocenters. The molecule has 1 heterocycles. The minimum absolute atomic E-state index is 0.270. The van der Waals surface area contributed by atoms with E-state index >= 15 is 0 Å². The van der Waals surface area contributed by atoms with E-state index in [1.54, 1.807) is 0 Å². The number of hydrogen-bond acceptors (Lipinski definition) is 2. The molecule has 2 nitrogen and oxygen atoms in total. The first-order valence-corrected chi connectivity index (χ1v) is 7.73. The van der Waals surface area contributed by atoms with E-state index < -0.39 is 0 Å². The minimum Gasteiger partial charge on any atom is -0.313 e. The van der Waals surface area contributed by atoms with Crippen LogP contribution in [0.5, 0.6) is 0 Å². The molecule has 1 aromatic heterocycles. The van der Waals surface area contributed by atoms with Crippen LogP contribution in [0.15, 0.2) is 45.5 Å². The van der Waals surface area contributed by atoms with Crippen molar-refractivity contribution in [3.8, 4) is 0 Å². The number of hydrogen-bond donors (Lipinski definition) is 1. The zero-order valence-electron chi connectivity index (χ0n) is 11.0. The van der Waals surface area contributed by atoms with Gasteiger partial charge in [0.05, 0.1) is 0 Å². The molecular formula is C15H16Br2N2. The van der Waals surface area contributed by atoms with E-state index in [1.165, 1.54) is 11.1 Å². The van der Waals surface area contributed by atoms with Crippen LogP contribution in [0.25, 0.3) is 0 Å².